The van der Waals surface area contributed by atoms with E-state index in [9.17, 15) is 0 Å². The van der Waals surface area contributed by atoms with Gasteiger partial charge in [-0.05, 0) is 229 Å². The van der Waals surface area contributed by atoms with E-state index in [-0.39, 0.29) is 10.8 Å². The molecule has 0 unspecified atom stereocenters. The van der Waals surface area contributed by atoms with Gasteiger partial charge in [0.05, 0.1) is 17.1 Å². The number of nitrogens with zero attached hydrogens (tertiary/aromatic N) is 3. The summed E-state index contributed by atoms with van der Waals surface area (Å²) in [6.45, 7) is 19.8. The summed E-state index contributed by atoms with van der Waals surface area (Å²) in [5.74, 6) is 0. The third-order valence-corrected chi connectivity index (χ3v) is 25.4. The number of benzene rings is 18. The van der Waals surface area contributed by atoms with Crippen molar-refractivity contribution >= 4 is 79.9 Å². The Morgan fingerprint density at radius 2 is 0.559 bits per heavy atom. The van der Waals surface area contributed by atoms with Crippen LogP contribution >= 0.6 is 0 Å². The normalized spacial score (nSPS) is 12.4. The molecule has 2 aliphatic heterocycles. The number of fused-ring (bicyclic) bond motifs is 4. The zero-order valence-corrected chi connectivity index (χ0v) is 72.9. The van der Waals surface area contributed by atoms with Gasteiger partial charge in [0.15, 0.2) is 0 Å². The Morgan fingerprint density at radius 1 is 0.268 bits per heavy atom. The van der Waals surface area contributed by atoms with Crippen LogP contribution in [-0.2, 0) is 10.8 Å². The minimum absolute atomic E-state index is 0.129. The minimum atomic E-state index is -0.437. The second-order valence-corrected chi connectivity index (χ2v) is 35.5. The fourth-order valence-corrected chi connectivity index (χ4v) is 19.2. The highest BCUT2D eigenvalue weighted by molar-refractivity contribution is 7.00. The third-order valence-electron chi connectivity index (χ3n) is 25.4. The van der Waals surface area contributed by atoms with Crippen LogP contribution in [0.15, 0.2) is 462 Å². The van der Waals surface area contributed by atoms with Gasteiger partial charge in [0.25, 0.3) is 6.71 Å². The molecular formula is C123H98BN3. The van der Waals surface area contributed by atoms with Gasteiger partial charge in [-0.1, -0.05) is 430 Å². The summed E-state index contributed by atoms with van der Waals surface area (Å²) < 4.78 is 0. The fourth-order valence-electron chi connectivity index (χ4n) is 19.2. The van der Waals surface area contributed by atoms with E-state index in [0.717, 1.165) is 196 Å². The van der Waals surface area contributed by atoms with Crippen LogP contribution < -0.4 is 31.1 Å². The lowest BCUT2D eigenvalue weighted by Crippen LogP contribution is -2.61. The first-order valence-corrected chi connectivity index (χ1v) is 44.4. The SMILES string of the molecule is C=C/C=C(\C=C/C)c1cccc(-c2cccc(-c3cccc(-c4ccccc4)c3)c2N2c3cc(-c4ccccc4)c(-c4ccccc4)cc3B3c4cc(-c5ccccc5)c(-c5ccccc5)cc4N(c4c(-c5cccc(-c6ccccc6)c5)cccc4-c4cccc(-c5ccccc5)c4)c4cc(N(c5ccc(C(C)(C)C)cc5)c5ccc(C(C)(C)C)cc5)cc2c43)c1. The average molecular weight is 1630 g/mol. The maximum absolute atomic E-state index is 4.27. The first kappa shape index (κ1) is 80.1. The molecule has 18 aromatic carbocycles. The predicted molar refractivity (Wildman–Crippen MR) is 545 cm³/mol. The van der Waals surface area contributed by atoms with Crippen molar-refractivity contribution in [2.24, 2.45) is 0 Å². The Hall–Kier alpha value is -15.4. The van der Waals surface area contributed by atoms with Gasteiger partial charge in [0.1, 0.15) is 0 Å². The summed E-state index contributed by atoms with van der Waals surface area (Å²) in [5, 5.41) is 0. The van der Waals surface area contributed by atoms with Gasteiger partial charge in [-0.25, -0.2) is 0 Å². The lowest BCUT2D eigenvalue weighted by Gasteiger charge is -2.47. The summed E-state index contributed by atoms with van der Waals surface area (Å²) in [6, 6.07) is 162. The Labute approximate surface area is 749 Å². The molecule has 608 valence electrons. The van der Waals surface area contributed by atoms with Gasteiger partial charge < -0.3 is 14.7 Å². The van der Waals surface area contributed by atoms with Crippen LogP contribution in [0.5, 0.6) is 0 Å². The molecule has 0 bridgehead atoms. The van der Waals surface area contributed by atoms with E-state index in [1.807, 2.05) is 6.08 Å². The highest BCUT2D eigenvalue weighted by Crippen LogP contribution is 2.57. The van der Waals surface area contributed by atoms with Crippen LogP contribution in [-0.4, -0.2) is 6.71 Å². The van der Waals surface area contributed by atoms with E-state index in [1.165, 1.54) is 16.6 Å². The largest absolute Gasteiger partial charge is 0.310 e. The molecule has 3 nitrogen and oxygen atoms in total. The maximum atomic E-state index is 4.27. The fraction of sp³-hybridized carbons (Fsp3) is 0.0732. The molecule has 20 rings (SSSR count). The van der Waals surface area contributed by atoms with E-state index < -0.39 is 6.71 Å². The molecule has 2 heterocycles. The van der Waals surface area contributed by atoms with Gasteiger partial charge in [0, 0.05) is 56.4 Å². The van der Waals surface area contributed by atoms with Gasteiger partial charge >= 0.3 is 0 Å². The molecule has 127 heavy (non-hydrogen) atoms. The van der Waals surface area contributed by atoms with Crippen LogP contribution in [0.4, 0.5) is 51.2 Å². The molecule has 0 atom stereocenters. The number of anilines is 9. The molecule has 0 aromatic heterocycles. The topological polar surface area (TPSA) is 9.72 Å². The molecule has 0 amide bonds. The number of hydrogen-bond donors (Lipinski definition) is 0. The molecular weight excluding hydrogens is 1530 g/mol. The zero-order chi connectivity index (χ0) is 86.3. The van der Waals surface area contributed by atoms with Gasteiger partial charge in [-0.2, -0.15) is 0 Å². The standard InChI is InChI=1S/C123H98BN3/c1-9-38-84(39-10-2)92-54-32-58-96(74-92)105-62-36-63-106(97-59-33-55-93(75-97)85-40-18-11-19-41-85)120(105)126-115-82-111(90-50-28-16-29-51-90)109(88-46-24-14-25-47-88)80-113(115)124-114-81-110(89-48-26-15-27-49-89)112(91-52-30-17-31-53-91)83-116(114)127(118-79-104(78-117(126)119(118)124)125(102-70-66-100(67-71-102)122(3,4)5)103-72-68-101(69-73-103)123(6,7)8)121-107(98-60-34-56-94(76-98)86-42-20-12-21-43-86)64-37-65-108(121)99-61-35-57-95(77-99)87-44-22-13-23-45-87/h9-83H,1H2,2-8H3/b39-10-,84-38+. The Morgan fingerprint density at radius 3 is 0.882 bits per heavy atom. The van der Waals surface area contributed by atoms with Crippen molar-refractivity contribution in [3.8, 4) is 122 Å². The Bertz CT molecular complexity index is 7030. The Kier molecular flexibility index (Phi) is 21.5. The molecule has 0 saturated carbocycles. The monoisotopic (exact) mass is 1630 g/mol. The number of rotatable bonds is 19. The van der Waals surface area contributed by atoms with Crippen molar-refractivity contribution in [1.29, 1.82) is 0 Å². The quantitative estimate of drug-likeness (QED) is 0.0590. The van der Waals surface area contributed by atoms with Crippen molar-refractivity contribution in [1.82, 2.24) is 0 Å². The molecule has 4 heteroatoms. The highest BCUT2D eigenvalue weighted by Gasteiger charge is 2.47. The maximum Gasteiger partial charge on any atom is 0.252 e. The highest BCUT2D eigenvalue weighted by atomic mass is 15.2. The first-order chi connectivity index (χ1) is 62.2. The number of allylic oxidation sites excluding steroid dienone is 5. The van der Waals surface area contributed by atoms with Crippen molar-refractivity contribution in [2.45, 2.75) is 59.3 Å². The van der Waals surface area contributed by atoms with Gasteiger partial charge in [-0.15, -0.1) is 0 Å². The summed E-state index contributed by atoms with van der Waals surface area (Å²) in [5.41, 5.74) is 41.5. The van der Waals surface area contributed by atoms with E-state index in [4.69, 9.17) is 0 Å². The van der Waals surface area contributed by atoms with Crippen LogP contribution in [0.2, 0.25) is 0 Å². The summed E-state index contributed by atoms with van der Waals surface area (Å²) >= 11 is 0. The summed E-state index contributed by atoms with van der Waals surface area (Å²) in [7, 11) is 0. The van der Waals surface area contributed by atoms with Gasteiger partial charge in [-0.3, -0.25) is 0 Å². The molecule has 0 aliphatic carbocycles. The van der Waals surface area contributed by atoms with E-state index >= 15 is 0 Å². The average Bonchev–Trinajstić information content (AvgIpc) is 0.681. The van der Waals surface area contributed by atoms with Crippen molar-refractivity contribution in [3.05, 3.63) is 478 Å². The lowest BCUT2D eigenvalue weighted by atomic mass is 9.33. The van der Waals surface area contributed by atoms with Crippen LogP contribution in [0.1, 0.15) is 65.2 Å². The molecule has 2 aliphatic rings. The molecule has 0 N–H and O–H groups in total. The zero-order valence-electron chi connectivity index (χ0n) is 72.9. The lowest BCUT2D eigenvalue weighted by molar-refractivity contribution is 0.590. The van der Waals surface area contributed by atoms with E-state index in [1.54, 1.807) is 0 Å². The van der Waals surface area contributed by atoms with Crippen molar-refractivity contribution < 1.29 is 0 Å². The van der Waals surface area contributed by atoms with Crippen LogP contribution in [0.25, 0.3) is 128 Å². The van der Waals surface area contributed by atoms with Gasteiger partial charge in [0.2, 0.25) is 0 Å². The number of para-hydroxylation sites is 2. The molecule has 0 saturated heterocycles. The van der Waals surface area contributed by atoms with E-state index in [0.29, 0.717) is 0 Å². The van der Waals surface area contributed by atoms with Crippen molar-refractivity contribution in [2.75, 3.05) is 14.7 Å². The van der Waals surface area contributed by atoms with Crippen molar-refractivity contribution in [3.63, 3.8) is 0 Å². The molecule has 0 spiro atoms. The third kappa shape index (κ3) is 15.5. The smallest absolute Gasteiger partial charge is 0.252 e. The van der Waals surface area contributed by atoms with E-state index in [2.05, 4.69) is 519 Å². The second kappa shape index (κ2) is 34.1. The predicted octanol–water partition coefficient (Wildman–Crippen LogP) is 32.3. The number of hydrogen-bond acceptors (Lipinski definition) is 3. The summed E-state index contributed by atoms with van der Waals surface area (Å²) in [4.78, 5) is 8.01. The molecule has 0 fully saturated rings. The molecule has 0 radical (unpaired) electrons. The first-order valence-electron chi connectivity index (χ1n) is 44.4. The Balaban J connectivity index is 1.02. The van der Waals surface area contributed by atoms with Crippen LogP contribution in [0.3, 0.4) is 0 Å². The minimum Gasteiger partial charge on any atom is -0.310 e. The van der Waals surface area contributed by atoms with Crippen LogP contribution in [0, 0.1) is 0 Å². The second-order valence-electron chi connectivity index (χ2n) is 35.5. The molecule has 18 aromatic rings. The summed E-state index contributed by atoms with van der Waals surface area (Å²) in [6.07, 6.45) is 8.34.